The molecule has 1 aliphatic heterocycles. The lowest BCUT2D eigenvalue weighted by Crippen LogP contribution is -2.51. The van der Waals surface area contributed by atoms with Crippen LogP contribution in [-0.2, 0) is 9.59 Å². The third-order valence-electron chi connectivity index (χ3n) is 3.84. The zero-order valence-electron chi connectivity index (χ0n) is 12.2. The number of hydrogen-bond acceptors (Lipinski definition) is 5. The van der Waals surface area contributed by atoms with Gasteiger partial charge in [0.15, 0.2) is 6.61 Å². The molecule has 0 aromatic carbocycles. The van der Waals surface area contributed by atoms with Crippen LogP contribution < -0.4 is 4.74 Å². The number of carboxylic acids is 1. The summed E-state index contributed by atoms with van der Waals surface area (Å²) in [5, 5.41) is 12.9. The van der Waals surface area contributed by atoms with Crippen molar-refractivity contribution >= 4 is 11.9 Å². The van der Waals surface area contributed by atoms with Gasteiger partial charge in [-0.05, 0) is 30.8 Å². The number of rotatable bonds is 5. The van der Waals surface area contributed by atoms with Crippen LogP contribution in [0.1, 0.15) is 31.9 Å². The molecule has 7 heteroatoms. The topological polar surface area (TPSA) is 92.9 Å². The molecule has 1 aromatic rings. The fraction of sp³-hybridized carbons (Fsp3) is 0.643. The molecule has 0 aliphatic carbocycles. The number of carbonyl (C=O) groups is 2. The Kier molecular flexibility index (Phi) is 4.82. The molecule has 7 nitrogen and oxygen atoms in total. The van der Waals surface area contributed by atoms with E-state index in [4.69, 9.17) is 9.26 Å². The van der Waals surface area contributed by atoms with E-state index in [1.165, 1.54) is 4.90 Å². The average Bonchev–Trinajstić information content (AvgIpc) is 2.89. The number of aliphatic carboxylic acids is 1. The Labute approximate surface area is 122 Å². The first-order valence-corrected chi connectivity index (χ1v) is 7.09. The highest BCUT2D eigenvalue weighted by Crippen LogP contribution is 2.25. The van der Waals surface area contributed by atoms with Crippen LogP contribution in [0.5, 0.6) is 5.88 Å². The summed E-state index contributed by atoms with van der Waals surface area (Å²) >= 11 is 0. The van der Waals surface area contributed by atoms with Crippen LogP contribution in [0.2, 0.25) is 0 Å². The quantitative estimate of drug-likeness (QED) is 0.884. The summed E-state index contributed by atoms with van der Waals surface area (Å²) in [4.78, 5) is 24.9. The van der Waals surface area contributed by atoms with Crippen LogP contribution in [0.4, 0.5) is 0 Å². The molecule has 1 aromatic heterocycles. The van der Waals surface area contributed by atoms with Gasteiger partial charge in [-0.15, -0.1) is 0 Å². The second-order valence-corrected chi connectivity index (χ2v) is 5.30. The van der Waals surface area contributed by atoms with Gasteiger partial charge in [0.2, 0.25) is 0 Å². The van der Waals surface area contributed by atoms with Crippen LogP contribution in [0.3, 0.4) is 0 Å². The maximum absolute atomic E-state index is 12.2. The summed E-state index contributed by atoms with van der Waals surface area (Å²) in [5.74, 6) is -0.119. The normalized spacial score (nSPS) is 22.1. The lowest BCUT2D eigenvalue weighted by Gasteiger charge is -2.36. The van der Waals surface area contributed by atoms with E-state index in [9.17, 15) is 14.7 Å². The van der Waals surface area contributed by atoms with Gasteiger partial charge in [0.1, 0.15) is 11.8 Å². The van der Waals surface area contributed by atoms with Crippen molar-refractivity contribution in [3.8, 4) is 5.88 Å². The smallest absolute Gasteiger partial charge is 0.326 e. The first-order chi connectivity index (χ1) is 10.0. The number of hydrogen-bond donors (Lipinski definition) is 1. The monoisotopic (exact) mass is 296 g/mol. The van der Waals surface area contributed by atoms with Gasteiger partial charge < -0.3 is 19.3 Å². The summed E-state index contributed by atoms with van der Waals surface area (Å²) < 4.78 is 10.1. The van der Waals surface area contributed by atoms with Gasteiger partial charge in [0.25, 0.3) is 11.8 Å². The van der Waals surface area contributed by atoms with Crippen molar-refractivity contribution in [2.75, 3.05) is 13.2 Å². The van der Waals surface area contributed by atoms with Crippen molar-refractivity contribution in [3.05, 3.63) is 11.8 Å². The summed E-state index contributed by atoms with van der Waals surface area (Å²) in [6, 6.07) is 0.810. The zero-order chi connectivity index (χ0) is 15.4. The number of nitrogens with zero attached hydrogens (tertiary/aromatic N) is 2. The van der Waals surface area contributed by atoms with E-state index in [1.807, 2.05) is 6.92 Å². The maximum Gasteiger partial charge on any atom is 0.326 e. The molecule has 0 saturated carbocycles. The molecule has 2 atom stereocenters. The number of aromatic nitrogens is 1. The highest BCUT2D eigenvalue weighted by molar-refractivity contribution is 5.84. The summed E-state index contributed by atoms with van der Waals surface area (Å²) in [6.45, 7) is 3.98. The van der Waals surface area contributed by atoms with Crippen molar-refractivity contribution < 1.29 is 24.0 Å². The fourth-order valence-electron chi connectivity index (χ4n) is 2.57. The number of piperidine rings is 1. The molecule has 2 rings (SSSR count). The number of aryl methyl sites for hydroxylation is 1. The largest absolute Gasteiger partial charge is 0.480 e. The summed E-state index contributed by atoms with van der Waals surface area (Å²) in [5.41, 5.74) is 0. The first kappa shape index (κ1) is 15.3. The van der Waals surface area contributed by atoms with Crippen LogP contribution in [0, 0.1) is 12.8 Å². The molecule has 1 saturated heterocycles. The number of ether oxygens (including phenoxy) is 1. The predicted molar refractivity (Wildman–Crippen MR) is 72.9 cm³/mol. The maximum atomic E-state index is 12.2. The molecule has 2 unspecified atom stereocenters. The fourth-order valence-corrected chi connectivity index (χ4v) is 2.57. The number of carboxylic acid groups (broad SMARTS) is 1. The van der Waals surface area contributed by atoms with Gasteiger partial charge in [-0.1, -0.05) is 13.3 Å². The van der Waals surface area contributed by atoms with Crippen molar-refractivity contribution in [3.63, 3.8) is 0 Å². The Morgan fingerprint density at radius 2 is 2.33 bits per heavy atom. The molecule has 1 N–H and O–H groups in total. The van der Waals surface area contributed by atoms with E-state index in [0.29, 0.717) is 24.6 Å². The van der Waals surface area contributed by atoms with E-state index in [1.54, 1.807) is 13.0 Å². The molecule has 1 amide bonds. The van der Waals surface area contributed by atoms with Gasteiger partial charge in [0.05, 0.1) is 0 Å². The Balaban J connectivity index is 1.95. The van der Waals surface area contributed by atoms with E-state index in [0.717, 1.165) is 12.8 Å². The molecule has 116 valence electrons. The predicted octanol–water partition coefficient (Wildman–Crippen LogP) is 1.46. The second kappa shape index (κ2) is 6.60. The first-order valence-electron chi connectivity index (χ1n) is 7.09. The highest BCUT2D eigenvalue weighted by atomic mass is 16.5. The average molecular weight is 296 g/mol. The van der Waals surface area contributed by atoms with Crippen LogP contribution >= 0.6 is 0 Å². The minimum absolute atomic E-state index is 0.230. The molecule has 1 aliphatic rings. The Morgan fingerprint density at radius 1 is 1.57 bits per heavy atom. The summed E-state index contributed by atoms with van der Waals surface area (Å²) in [7, 11) is 0. The van der Waals surface area contributed by atoms with E-state index < -0.39 is 12.0 Å². The van der Waals surface area contributed by atoms with Gasteiger partial charge in [-0.3, -0.25) is 4.79 Å². The molecular formula is C14H20N2O5. The number of amides is 1. The van der Waals surface area contributed by atoms with Gasteiger partial charge >= 0.3 is 5.97 Å². The van der Waals surface area contributed by atoms with Crippen molar-refractivity contribution in [1.29, 1.82) is 0 Å². The third kappa shape index (κ3) is 3.74. The number of likely N-dealkylation sites (tertiary alicyclic amines) is 1. The molecule has 0 spiro atoms. The molecule has 1 fully saturated rings. The highest BCUT2D eigenvalue weighted by Gasteiger charge is 2.35. The Hall–Kier alpha value is -2.05. The molecule has 21 heavy (non-hydrogen) atoms. The van der Waals surface area contributed by atoms with Crippen LogP contribution in [0.15, 0.2) is 10.6 Å². The minimum Gasteiger partial charge on any atom is -0.480 e. The second-order valence-electron chi connectivity index (χ2n) is 5.30. The lowest BCUT2D eigenvalue weighted by molar-refractivity contribution is -0.154. The van der Waals surface area contributed by atoms with E-state index in [2.05, 4.69) is 5.16 Å². The Morgan fingerprint density at radius 3 is 2.90 bits per heavy atom. The molecule has 2 heterocycles. The standard InChI is InChI=1S/C14H20N2O5/c1-3-10-4-5-16(11(7-10)14(18)19)13(17)8-20-12-6-9(2)21-15-12/h6,10-11H,3-5,7-8H2,1-2H3,(H,18,19). The minimum atomic E-state index is -0.959. The molecule has 0 bridgehead atoms. The van der Waals surface area contributed by atoms with Gasteiger partial charge in [-0.2, -0.15) is 0 Å². The summed E-state index contributed by atoms with van der Waals surface area (Å²) in [6.07, 6.45) is 2.26. The van der Waals surface area contributed by atoms with Crippen molar-refractivity contribution in [2.24, 2.45) is 5.92 Å². The lowest BCUT2D eigenvalue weighted by atomic mass is 9.89. The van der Waals surface area contributed by atoms with Crippen molar-refractivity contribution in [2.45, 2.75) is 39.2 Å². The zero-order valence-corrected chi connectivity index (χ0v) is 12.2. The van der Waals surface area contributed by atoms with Gasteiger partial charge in [0, 0.05) is 12.6 Å². The van der Waals surface area contributed by atoms with E-state index >= 15 is 0 Å². The third-order valence-corrected chi connectivity index (χ3v) is 3.84. The van der Waals surface area contributed by atoms with E-state index in [-0.39, 0.29) is 18.4 Å². The van der Waals surface area contributed by atoms with Gasteiger partial charge in [-0.25, -0.2) is 4.79 Å². The van der Waals surface area contributed by atoms with Crippen LogP contribution in [0.25, 0.3) is 0 Å². The SMILES string of the molecule is CCC1CCN(C(=O)COc2cc(C)on2)C(C(=O)O)C1. The number of carbonyl (C=O) groups excluding carboxylic acids is 1. The van der Waals surface area contributed by atoms with Crippen LogP contribution in [-0.4, -0.2) is 46.2 Å². The molecular weight excluding hydrogens is 276 g/mol. The van der Waals surface area contributed by atoms with Crippen molar-refractivity contribution in [1.82, 2.24) is 10.1 Å². The Bertz CT molecular complexity index is 513. The molecule has 0 radical (unpaired) electrons.